The molecule has 4 nitrogen and oxygen atoms in total. The van der Waals surface area contributed by atoms with Crippen molar-refractivity contribution in [3.05, 3.63) is 23.8 Å². The molecule has 1 amide bonds. The zero-order valence-electron chi connectivity index (χ0n) is 8.78. The van der Waals surface area contributed by atoms with E-state index in [0.717, 1.165) is 0 Å². The Bertz CT molecular complexity index is 496. The molecule has 1 aliphatic heterocycles. The van der Waals surface area contributed by atoms with Crippen molar-refractivity contribution in [2.45, 2.75) is 18.2 Å². The highest BCUT2D eigenvalue weighted by molar-refractivity contribution is 7.86. The number of anilines is 1. The molecule has 0 aromatic heterocycles. The average molecular weight is 237 g/mol. The number of Topliss-reactive ketones (excluding diaryl/α,β-unsaturated/α-hetero) is 1. The summed E-state index contributed by atoms with van der Waals surface area (Å²) in [5, 5.41) is 2.63. The van der Waals surface area contributed by atoms with Crippen molar-refractivity contribution in [3.8, 4) is 0 Å². The molecule has 5 heteroatoms. The van der Waals surface area contributed by atoms with Crippen molar-refractivity contribution < 1.29 is 13.8 Å². The summed E-state index contributed by atoms with van der Waals surface area (Å²) in [6.45, 7) is 1.78. The van der Waals surface area contributed by atoms with E-state index in [1.165, 1.54) is 0 Å². The van der Waals surface area contributed by atoms with Gasteiger partial charge in [0.25, 0.3) is 0 Å². The molecule has 1 aromatic rings. The first-order chi connectivity index (χ1) is 7.61. The number of fused-ring (bicyclic) bond motifs is 1. The van der Waals surface area contributed by atoms with Gasteiger partial charge in [-0.2, -0.15) is 0 Å². The molecule has 0 radical (unpaired) electrons. The second kappa shape index (κ2) is 4.17. The number of hydrogen-bond acceptors (Lipinski definition) is 3. The van der Waals surface area contributed by atoms with Gasteiger partial charge in [0, 0.05) is 12.0 Å². The topological polar surface area (TPSA) is 63.2 Å². The summed E-state index contributed by atoms with van der Waals surface area (Å²) in [6.07, 6.45) is 0.413. The SMILES string of the molecule is CCC(=O)c1ccc2c(c1)NC(=O)CS2=O. The van der Waals surface area contributed by atoms with Gasteiger partial charge in [0.05, 0.1) is 21.4 Å². The Morgan fingerprint density at radius 3 is 2.94 bits per heavy atom. The van der Waals surface area contributed by atoms with Crippen LogP contribution in [0.2, 0.25) is 0 Å². The maximum atomic E-state index is 11.6. The van der Waals surface area contributed by atoms with Crippen molar-refractivity contribution >= 4 is 28.2 Å². The lowest BCUT2D eigenvalue weighted by Crippen LogP contribution is -2.25. The molecule has 16 heavy (non-hydrogen) atoms. The summed E-state index contributed by atoms with van der Waals surface area (Å²) < 4.78 is 11.6. The third-order valence-electron chi connectivity index (χ3n) is 2.40. The summed E-state index contributed by atoms with van der Waals surface area (Å²) in [4.78, 5) is 23.3. The quantitative estimate of drug-likeness (QED) is 0.789. The van der Waals surface area contributed by atoms with Crippen LogP contribution in [-0.2, 0) is 15.6 Å². The minimum absolute atomic E-state index is 0.00588. The van der Waals surface area contributed by atoms with Gasteiger partial charge < -0.3 is 5.32 Å². The van der Waals surface area contributed by atoms with Crippen molar-refractivity contribution in [2.24, 2.45) is 0 Å². The second-order valence-electron chi connectivity index (χ2n) is 3.53. The van der Waals surface area contributed by atoms with E-state index < -0.39 is 10.8 Å². The van der Waals surface area contributed by atoms with Crippen LogP contribution in [0, 0.1) is 0 Å². The number of carbonyl (C=O) groups is 2. The summed E-state index contributed by atoms with van der Waals surface area (Å²) in [5.41, 5.74) is 1.04. The zero-order valence-corrected chi connectivity index (χ0v) is 9.60. The minimum Gasteiger partial charge on any atom is -0.324 e. The summed E-state index contributed by atoms with van der Waals surface area (Å²) in [5.74, 6) is -0.269. The first-order valence-electron chi connectivity index (χ1n) is 4.97. The molecule has 2 rings (SSSR count). The fraction of sp³-hybridized carbons (Fsp3) is 0.273. The van der Waals surface area contributed by atoms with E-state index in [-0.39, 0.29) is 17.4 Å². The molecule has 1 unspecified atom stereocenters. The fourth-order valence-electron chi connectivity index (χ4n) is 1.59. The summed E-state index contributed by atoms with van der Waals surface area (Å²) in [7, 11) is -1.29. The van der Waals surface area contributed by atoms with Gasteiger partial charge in [0.15, 0.2) is 5.78 Å². The maximum Gasteiger partial charge on any atom is 0.237 e. The van der Waals surface area contributed by atoms with E-state index in [1.54, 1.807) is 25.1 Å². The van der Waals surface area contributed by atoms with Gasteiger partial charge in [-0.1, -0.05) is 13.0 Å². The van der Waals surface area contributed by atoms with Gasteiger partial charge in [-0.05, 0) is 12.1 Å². The Balaban J connectivity index is 2.46. The number of rotatable bonds is 2. The first-order valence-corrected chi connectivity index (χ1v) is 6.29. The molecule has 0 spiro atoms. The van der Waals surface area contributed by atoms with E-state index >= 15 is 0 Å². The van der Waals surface area contributed by atoms with Crippen LogP contribution in [0.3, 0.4) is 0 Å². The van der Waals surface area contributed by atoms with E-state index in [4.69, 9.17) is 0 Å². The number of ketones is 1. The lowest BCUT2D eigenvalue weighted by atomic mass is 10.1. The molecule has 1 aliphatic rings. The average Bonchev–Trinajstić information content (AvgIpc) is 2.27. The van der Waals surface area contributed by atoms with Crippen LogP contribution in [0.4, 0.5) is 5.69 Å². The largest absolute Gasteiger partial charge is 0.324 e. The van der Waals surface area contributed by atoms with Crippen LogP contribution in [0.1, 0.15) is 23.7 Å². The molecular weight excluding hydrogens is 226 g/mol. The van der Waals surface area contributed by atoms with Crippen LogP contribution in [0.25, 0.3) is 0 Å². The predicted molar refractivity (Wildman–Crippen MR) is 61.0 cm³/mol. The monoisotopic (exact) mass is 237 g/mol. The Morgan fingerprint density at radius 1 is 1.50 bits per heavy atom. The van der Waals surface area contributed by atoms with E-state index in [9.17, 15) is 13.8 Å². The number of benzene rings is 1. The Morgan fingerprint density at radius 2 is 2.25 bits per heavy atom. The molecule has 1 N–H and O–H groups in total. The number of hydrogen-bond donors (Lipinski definition) is 1. The lowest BCUT2D eigenvalue weighted by Gasteiger charge is -2.16. The third kappa shape index (κ3) is 1.90. The standard InChI is InChI=1S/C11H11NO3S/c1-2-9(13)7-3-4-10-8(5-7)12-11(14)6-16(10)15/h3-5H,2,6H2,1H3,(H,12,14). The van der Waals surface area contributed by atoms with Crippen LogP contribution in [-0.4, -0.2) is 21.7 Å². The second-order valence-corrected chi connectivity index (χ2v) is 4.95. The van der Waals surface area contributed by atoms with E-state index in [1.807, 2.05) is 0 Å². The summed E-state index contributed by atoms with van der Waals surface area (Å²) in [6, 6.07) is 4.89. The van der Waals surface area contributed by atoms with Gasteiger partial charge >= 0.3 is 0 Å². The zero-order chi connectivity index (χ0) is 11.7. The molecule has 1 heterocycles. The molecular formula is C11H11NO3S. The summed E-state index contributed by atoms with van der Waals surface area (Å²) >= 11 is 0. The van der Waals surface area contributed by atoms with Crippen molar-refractivity contribution in [2.75, 3.05) is 11.1 Å². The van der Waals surface area contributed by atoms with E-state index in [2.05, 4.69) is 5.32 Å². The third-order valence-corrected chi connectivity index (χ3v) is 3.78. The number of carbonyl (C=O) groups excluding carboxylic acids is 2. The van der Waals surface area contributed by atoms with Gasteiger partial charge in [-0.25, -0.2) is 0 Å². The van der Waals surface area contributed by atoms with Crippen LogP contribution in [0.5, 0.6) is 0 Å². The highest BCUT2D eigenvalue weighted by Gasteiger charge is 2.22. The number of amides is 1. The van der Waals surface area contributed by atoms with Crippen LogP contribution >= 0.6 is 0 Å². The van der Waals surface area contributed by atoms with E-state index in [0.29, 0.717) is 22.6 Å². The maximum absolute atomic E-state index is 11.6. The highest BCUT2D eigenvalue weighted by atomic mass is 32.2. The van der Waals surface area contributed by atoms with Crippen molar-refractivity contribution in [3.63, 3.8) is 0 Å². The van der Waals surface area contributed by atoms with Crippen molar-refractivity contribution in [1.29, 1.82) is 0 Å². The van der Waals surface area contributed by atoms with Gasteiger partial charge in [-0.3, -0.25) is 13.8 Å². The Hall–Kier alpha value is -1.49. The van der Waals surface area contributed by atoms with Gasteiger partial charge in [0.1, 0.15) is 5.75 Å². The van der Waals surface area contributed by atoms with Crippen LogP contribution < -0.4 is 5.32 Å². The normalized spacial score (nSPS) is 18.8. The minimum atomic E-state index is -1.29. The number of nitrogens with one attached hydrogen (secondary N) is 1. The highest BCUT2D eigenvalue weighted by Crippen LogP contribution is 2.25. The molecule has 0 saturated heterocycles. The van der Waals surface area contributed by atoms with Gasteiger partial charge in [0.2, 0.25) is 5.91 Å². The fourth-order valence-corrected chi connectivity index (χ4v) is 2.63. The molecule has 1 atom stereocenters. The molecule has 0 saturated carbocycles. The predicted octanol–water partition coefficient (Wildman–Crippen LogP) is 1.34. The molecule has 1 aromatic carbocycles. The smallest absolute Gasteiger partial charge is 0.237 e. The molecule has 0 bridgehead atoms. The Labute approximate surface area is 95.5 Å². The van der Waals surface area contributed by atoms with Crippen molar-refractivity contribution in [1.82, 2.24) is 0 Å². The Kier molecular flexibility index (Phi) is 2.87. The molecule has 0 fully saturated rings. The molecule has 84 valence electrons. The lowest BCUT2D eigenvalue weighted by molar-refractivity contribution is -0.114. The molecule has 0 aliphatic carbocycles. The first kappa shape index (κ1) is 11.0. The van der Waals surface area contributed by atoms with Gasteiger partial charge in [-0.15, -0.1) is 0 Å². The van der Waals surface area contributed by atoms with Crippen LogP contribution in [0.15, 0.2) is 23.1 Å².